The molecule has 0 aliphatic carbocycles. The molecule has 0 saturated carbocycles. The molecule has 0 N–H and O–H groups in total. The van der Waals surface area contributed by atoms with E-state index in [1.165, 1.54) is 12.1 Å². The number of halogens is 3. The number of piperidine rings is 1. The van der Waals surface area contributed by atoms with Gasteiger partial charge < -0.3 is 9.32 Å². The Morgan fingerprint density at radius 1 is 1.18 bits per heavy atom. The minimum absolute atomic E-state index is 0.229. The molecule has 1 unspecified atom stereocenters. The second kappa shape index (κ2) is 8.43. The summed E-state index contributed by atoms with van der Waals surface area (Å²) < 4.78 is 43.6. The Bertz CT molecular complexity index is 845. The molecule has 2 heterocycles. The van der Waals surface area contributed by atoms with Crippen LogP contribution >= 0.6 is 11.8 Å². The number of nitrogens with zero attached hydrogens (tertiary/aromatic N) is 1. The van der Waals surface area contributed by atoms with Crippen LogP contribution in [0.15, 0.2) is 40.8 Å². The molecule has 28 heavy (non-hydrogen) atoms. The van der Waals surface area contributed by atoms with Crippen LogP contribution in [-0.4, -0.2) is 35.9 Å². The SMILES string of the molecule is CSCc1ccc(C(=O)N2CCCC(C(=O)c3ccc(C(F)(F)F)cc3)C2)o1. The molecule has 4 nitrogen and oxygen atoms in total. The van der Waals surface area contributed by atoms with E-state index in [1.54, 1.807) is 28.8 Å². The molecule has 3 rings (SSSR count). The third-order valence-electron chi connectivity index (χ3n) is 4.74. The molecule has 1 aliphatic heterocycles. The van der Waals surface area contributed by atoms with Crippen LogP contribution in [0.4, 0.5) is 13.2 Å². The maximum Gasteiger partial charge on any atom is 0.416 e. The summed E-state index contributed by atoms with van der Waals surface area (Å²) in [6, 6.07) is 7.62. The highest BCUT2D eigenvalue weighted by Crippen LogP contribution is 2.30. The summed E-state index contributed by atoms with van der Waals surface area (Å²) in [5.74, 6) is 0.681. The summed E-state index contributed by atoms with van der Waals surface area (Å²) >= 11 is 1.59. The first kappa shape index (κ1) is 20.5. The highest BCUT2D eigenvalue weighted by atomic mass is 32.2. The molecule has 1 atom stereocenters. The van der Waals surface area contributed by atoms with Crippen molar-refractivity contribution < 1.29 is 27.2 Å². The Labute approximate surface area is 165 Å². The van der Waals surface area contributed by atoms with Gasteiger partial charge in [0.15, 0.2) is 11.5 Å². The van der Waals surface area contributed by atoms with Crippen LogP contribution in [0.25, 0.3) is 0 Å². The molecule has 1 aliphatic rings. The third kappa shape index (κ3) is 4.60. The molecule has 0 spiro atoms. The number of benzene rings is 1. The fourth-order valence-corrected chi connectivity index (χ4v) is 3.74. The molecule has 150 valence electrons. The van der Waals surface area contributed by atoms with Crippen LogP contribution in [0.5, 0.6) is 0 Å². The van der Waals surface area contributed by atoms with E-state index in [2.05, 4.69) is 0 Å². The van der Waals surface area contributed by atoms with E-state index in [0.29, 0.717) is 30.9 Å². The Hall–Kier alpha value is -2.22. The summed E-state index contributed by atoms with van der Waals surface area (Å²) in [6.45, 7) is 0.755. The number of rotatable bonds is 5. The number of carbonyl (C=O) groups excluding carboxylic acids is 2. The van der Waals surface area contributed by atoms with Crippen molar-refractivity contribution in [2.45, 2.75) is 24.8 Å². The van der Waals surface area contributed by atoms with E-state index in [0.717, 1.165) is 12.1 Å². The van der Waals surface area contributed by atoms with Crippen molar-refractivity contribution in [2.24, 2.45) is 5.92 Å². The molecule has 1 aromatic heterocycles. The highest BCUT2D eigenvalue weighted by molar-refractivity contribution is 7.97. The van der Waals surface area contributed by atoms with Gasteiger partial charge >= 0.3 is 6.18 Å². The van der Waals surface area contributed by atoms with E-state index < -0.39 is 17.7 Å². The third-order valence-corrected chi connectivity index (χ3v) is 5.31. The maximum absolute atomic E-state index is 12.7. The van der Waals surface area contributed by atoms with Crippen molar-refractivity contribution in [1.82, 2.24) is 4.90 Å². The average Bonchev–Trinajstić information content (AvgIpc) is 3.15. The van der Waals surface area contributed by atoms with Gasteiger partial charge in [-0.05, 0) is 43.4 Å². The lowest BCUT2D eigenvalue weighted by Gasteiger charge is -2.31. The molecule has 1 aromatic carbocycles. The Morgan fingerprint density at radius 2 is 1.89 bits per heavy atom. The van der Waals surface area contributed by atoms with Gasteiger partial charge in [-0.2, -0.15) is 24.9 Å². The lowest BCUT2D eigenvalue weighted by Crippen LogP contribution is -2.42. The highest BCUT2D eigenvalue weighted by Gasteiger charge is 2.32. The van der Waals surface area contributed by atoms with Crippen LogP contribution in [0.3, 0.4) is 0 Å². The maximum atomic E-state index is 12.7. The molecule has 8 heteroatoms. The largest absolute Gasteiger partial charge is 0.455 e. The van der Waals surface area contributed by atoms with Crippen LogP contribution in [-0.2, 0) is 11.9 Å². The number of hydrogen-bond donors (Lipinski definition) is 0. The quantitative estimate of drug-likeness (QED) is 0.657. The van der Waals surface area contributed by atoms with Gasteiger partial charge in [0.1, 0.15) is 5.76 Å². The zero-order chi connectivity index (χ0) is 20.3. The summed E-state index contributed by atoms with van der Waals surface area (Å²) in [5.41, 5.74) is -0.559. The van der Waals surface area contributed by atoms with E-state index in [-0.39, 0.29) is 29.6 Å². The fraction of sp³-hybridized carbons (Fsp3) is 0.400. The summed E-state index contributed by atoms with van der Waals surface area (Å²) in [7, 11) is 0. The predicted octanol–water partition coefficient (Wildman–Crippen LogP) is 4.90. The first-order valence-electron chi connectivity index (χ1n) is 8.88. The number of amides is 1. The zero-order valence-corrected chi connectivity index (χ0v) is 16.1. The van der Waals surface area contributed by atoms with Gasteiger partial charge in [0.2, 0.25) is 0 Å². The molecular formula is C20H20F3NO3S. The van der Waals surface area contributed by atoms with Crippen molar-refractivity contribution in [1.29, 1.82) is 0 Å². The summed E-state index contributed by atoms with van der Waals surface area (Å²) in [5, 5.41) is 0. The molecular weight excluding hydrogens is 391 g/mol. The first-order chi connectivity index (χ1) is 13.3. The monoisotopic (exact) mass is 411 g/mol. The van der Waals surface area contributed by atoms with Crippen LogP contribution in [0, 0.1) is 5.92 Å². The Balaban J connectivity index is 1.68. The Kier molecular flexibility index (Phi) is 6.17. The van der Waals surface area contributed by atoms with Crippen molar-refractivity contribution in [3.05, 3.63) is 59.0 Å². The normalized spacial score (nSPS) is 17.6. The number of carbonyl (C=O) groups is 2. The standard InChI is InChI=1S/C20H20F3NO3S/c1-28-12-16-8-9-17(27-16)19(26)24-10-2-3-14(11-24)18(25)13-4-6-15(7-5-13)20(21,22)23/h4-9,14H,2-3,10-12H2,1H3. The molecule has 0 radical (unpaired) electrons. The van der Waals surface area contributed by atoms with Gasteiger partial charge in [-0.3, -0.25) is 9.59 Å². The average molecular weight is 411 g/mol. The topological polar surface area (TPSA) is 50.5 Å². The minimum Gasteiger partial charge on any atom is -0.455 e. The van der Waals surface area contributed by atoms with Gasteiger partial charge in [0, 0.05) is 24.6 Å². The first-order valence-corrected chi connectivity index (χ1v) is 10.3. The van der Waals surface area contributed by atoms with E-state index in [1.807, 2.05) is 6.26 Å². The van der Waals surface area contributed by atoms with Gasteiger partial charge in [0.25, 0.3) is 5.91 Å². The van der Waals surface area contributed by atoms with Crippen molar-refractivity contribution in [3.8, 4) is 0 Å². The number of Topliss-reactive ketones (excluding diaryl/α,β-unsaturated/α-hetero) is 1. The number of hydrogen-bond acceptors (Lipinski definition) is 4. The van der Waals surface area contributed by atoms with E-state index in [9.17, 15) is 22.8 Å². The van der Waals surface area contributed by atoms with Crippen molar-refractivity contribution in [3.63, 3.8) is 0 Å². The number of ketones is 1. The smallest absolute Gasteiger partial charge is 0.416 e. The lowest BCUT2D eigenvalue weighted by atomic mass is 9.89. The van der Waals surface area contributed by atoms with Gasteiger partial charge in [0.05, 0.1) is 11.3 Å². The minimum atomic E-state index is -4.44. The van der Waals surface area contributed by atoms with Gasteiger partial charge in [-0.25, -0.2) is 0 Å². The molecule has 1 saturated heterocycles. The number of alkyl halides is 3. The second-order valence-electron chi connectivity index (χ2n) is 6.73. The van der Waals surface area contributed by atoms with Crippen molar-refractivity contribution in [2.75, 3.05) is 19.3 Å². The van der Waals surface area contributed by atoms with Gasteiger partial charge in [-0.1, -0.05) is 12.1 Å². The molecule has 1 amide bonds. The number of likely N-dealkylation sites (tertiary alicyclic amines) is 1. The van der Waals surface area contributed by atoms with Crippen molar-refractivity contribution >= 4 is 23.5 Å². The van der Waals surface area contributed by atoms with Crippen LogP contribution in [0.1, 0.15) is 45.1 Å². The van der Waals surface area contributed by atoms with Gasteiger partial charge in [-0.15, -0.1) is 0 Å². The summed E-state index contributed by atoms with van der Waals surface area (Å²) in [4.78, 5) is 27.0. The molecule has 1 fully saturated rings. The molecule has 2 aromatic rings. The summed E-state index contributed by atoms with van der Waals surface area (Å²) in [6.07, 6.45) is -1.25. The van der Waals surface area contributed by atoms with Crippen LogP contribution in [0.2, 0.25) is 0 Å². The number of thioether (sulfide) groups is 1. The Morgan fingerprint density at radius 3 is 2.54 bits per heavy atom. The van der Waals surface area contributed by atoms with Crippen LogP contribution < -0.4 is 0 Å². The molecule has 0 bridgehead atoms. The lowest BCUT2D eigenvalue weighted by molar-refractivity contribution is -0.137. The van der Waals surface area contributed by atoms with E-state index >= 15 is 0 Å². The fourth-order valence-electron chi connectivity index (χ4n) is 3.30. The zero-order valence-electron chi connectivity index (χ0n) is 15.3. The van der Waals surface area contributed by atoms with E-state index in [4.69, 9.17) is 4.42 Å². The second-order valence-corrected chi connectivity index (χ2v) is 7.59. The number of furan rings is 1. The predicted molar refractivity (Wildman–Crippen MR) is 100 cm³/mol.